The van der Waals surface area contributed by atoms with E-state index in [2.05, 4.69) is 10.6 Å². The van der Waals surface area contributed by atoms with Crippen LogP contribution in [0.1, 0.15) is 85.8 Å². The highest BCUT2D eigenvalue weighted by atomic mass is 16.6. The highest BCUT2D eigenvalue weighted by Crippen LogP contribution is 2.35. The van der Waals surface area contributed by atoms with Crippen molar-refractivity contribution in [3.8, 4) is 5.75 Å². The molecule has 1 saturated carbocycles. The second-order valence-electron chi connectivity index (χ2n) is 10.5. The Bertz CT molecular complexity index is 843. The van der Waals surface area contributed by atoms with Crippen LogP contribution in [0.4, 0.5) is 4.79 Å². The molecule has 1 fully saturated rings. The monoisotopic (exact) mass is 475 g/mol. The normalized spacial score (nSPS) is 16.7. The van der Waals surface area contributed by atoms with Gasteiger partial charge in [-0.25, -0.2) is 4.79 Å². The molecule has 1 aliphatic carbocycles. The molecule has 1 aromatic carbocycles. The van der Waals surface area contributed by atoms with Crippen LogP contribution >= 0.6 is 0 Å². The van der Waals surface area contributed by atoms with Gasteiger partial charge in [0.15, 0.2) is 0 Å². The number of benzene rings is 1. The van der Waals surface area contributed by atoms with Crippen molar-refractivity contribution in [1.29, 1.82) is 0 Å². The Morgan fingerprint density at radius 2 is 1.68 bits per heavy atom. The summed E-state index contributed by atoms with van der Waals surface area (Å²) in [5.41, 5.74) is -0.0941. The Morgan fingerprint density at radius 1 is 1.09 bits per heavy atom. The molecule has 0 heterocycles. The van der Waals surface area contributed by atoms with E-state index in [9.17, 15) is 19.5 Å². The number of ether oxygens (including phenoxy) is 1. The number of carbonyl (C=O) groups excluding carboxylic acids is 3. The van der Waals surface area contributed by atoms with Gasteiger partial charge in [0.25, 0.3) is 0 Å². The number of hydrogen-bond donors (Lipinski definition) is 3. The van der Waals surface area contributed by atoms with Gasteiger partial charge in [-0.1, -0.05) is 32.4 Å². The first-order chi connectivity index (χ1) is 15.8. The Kier molecular flexibility index (Phi) is 9.36. The molecule has 1 aromatic rings. The van der Waals surface area contributed by atoms with E-state index in [-0.39, 0.29) is 35.6 Å². The third kappa shape index (κ3) is 7.37. The third-order valence-electron chi connectivity index (χ3n) is 6.04. The Morgan fingerprint density at radius 3 is 2.12 bits per heavy atom. The minimum atomic E-state index is -0.882. The van der Waals surface area contributed by atoms with Crippen molar-refractivity contribution in [2.75, 3.05) is 0 Å². The topological polar surface area (TPSA) is 108 Å². The van der Waals surface area contributed by atoms with Crippen LogP contribution in [0.2, 0.25) is 0 Å². The van der Waals surface area contributed by atoms with E-state index in [1.54, 1.807) is 37.8 Å². The van der Waals surface area contributed by atoms with Gasteiger partial charge in [0.2, 0.25) is 11.8 Å². The van der Waals surface area contributed by atoms with Gasteiger partial charge in [0.05, 0.1) is 0 Å². The lowest BCUT2D eigenvalue weighted by Crippen LogP contribution is -2.59. The van der Waals surface area contributed by atoms with E-state index in [0.29, 0.717) is 12.0 Å². The smallest absolute Gasteiger partial charge is 0.408 e. The molecule has 3 amide bonds. The zero-order chi connectivity index (χ0) is 25.6. The van der Waals surface area contributed by atoms with Crippen molar-refractivity contribution in [3.05, 3.63) is 29.8 Å². The minimum Gasteiger partial charge on any atom is -0.508 e. The second-order valence-corrected chi connectivity index (χ2v) is 10.5. The molecule has 3 atom stereocenters. The summed E-state index contributed by atoms with van der Waals surface area (Å²) in [4.78, 5) is 41.8. The molecule has 2 rings (SSSR count). The molecule has 8 nitrogen and oxygen atoms in total. The molecular weight excluding hydrogens is 434 g/mol. The number of carbonyl (C=O) groups is 3. The first kappa shape index (κ1) is 27.5. The molecule has 34 heavy (non-hydrogen) atoms. The zero-order valence-corrected chi connectivity index (χ0v) is 21.6. The molecule has 0 saturated heterocycles. The van der Waals surface area contributed by atoms with Crippen LogP contribution in [0.15, 0.2) is 24.3 Å². The first-order valence-electron chi connectivity index (χ1n) is 12.2. The van der Waals surface area contributed by atoms with Gasteiger partial charge in [-0.05, 0) is 77.5 Å². The van der Waals surface area contributed by atoms with Gasteiger partial charge in [0.1, 0.15) is 23.4 Å². The van der Waals surface area contributed by atoms with E-state index < -0.39 is 23.8 Å². The summed E-state index contributed by atoms with van der Waals surface area (Å²) in [7, 11) is 0. The van der Waals surface area contributed by atoms with Gasteiger partial charge in [-0.3, -0.25) is 9.59 Å². The minimum absolute atomic E-state index is 0.0809. The molecule has 3 N–H and O–H groups in total. The average Bonchev–Trinajstić information content (AvgIpc) is 2.68. The molecule has 0 aromatic heterocycles. The summed E-state index contributed by atoms with van der Waals surface area (Å²) in [5, 5.41) is 15.5. The number of hydrogen-bond acceptors (Lipinski definition) is 5. The maximum absolute atomic E-state index is 14.1. The fourth-order valence-corrected chi connectivity index (χ4v) is 3.92. The third-order valence-corrected chi connectivity index (χ3v) is 6.04. The van der Waals surface area contributed by atoms with Crippen molar-refractivity contribution in [1.82, 2.24) is 15.5 Å². The SMILES string of the molecule is CCC(C)C(NC(=O)OC(C)(C)C)C(=O)N(C1CCC1)C(C(=O)NC(C)C)c1ccc(O)cc1. The van der Waals surface area contributed by atoms with Crippen LogP contribution in [0.5, 0.6) is 5.75 Å². The molecule has 0 spiro atoms. The van der Waals surface area contributed by atoms with Crippen molar-refractivity contribution in [3.63, 3.8) is 0 Å². The molecule has 0 aliphatic heterocycles. The maximum atomic E-state index is 14.1. The number of phenols is 1. The van der Waals surface area contributed by atoms with Gasteiger partial charge < -0.3 is 25.4 Å². The number of alkyl carbamates (subject to hydrolysis) is 1. The number of aromatic hydroxyl groups is 1. The zero-order valence-electron chi connectivity index (χ0n) is 21.6. The number of nitrogens with one attached hydrogen (secondary N) is 2. The lowest BCUT2D eigenvalue weighted by molar-refractivity contribution is -0.148. The fourth-order valence-electron chi connectivity index (χ4n) is 3.92. The summed E-state index contributed by atoms with van der Waals surface area (Å²) in [5.74, 6) is -0.684. The Hall–Kier alpha value is -2.77. The van der Waals surface area contributed by atoms with Crippen molar-refractivity contribution in [2.45, 2.75) is 104 Å². The number of phenolic OH excluding ortho intramolecular Hbond substituents is 1. The molecule has 1 aliphatic rings. The van der Waals surface area contributed by atoms with E-state index in [4.69, 9.17) is 4.74 Å². The maximum Gasteiger partial charge on any atom is 0.408 e. The molecule has 190 valence electrons. The number of amides is 3. The Labute approximate surface area is 203 Å². The number of rotatable bonds is 9. The predicted octanol–water partition coefficient (Wildman–Crippen LogP) is 4.28. The van der Waals surface area contributed by atoms with Crippen molar-refractivity contribution >= 4 is 17.9 Å². The van der Waals surface area contributed by atoms with Crippen LogP contribution < -0.4 is 10.6 Å². The largest absolute Gasteiger partial charge is 0.508 e. The van der Waals surface area contributed by atoms with E-state index in [1.165, 1.54) is 12.1 Å². The van der Waals surface area contributed by atoms with Crippen LogP contribution in [-0.4, -0.2) is 51.6 Å². The standard InChI is InChI=1S/C26H41N3O5/c1-8-17(4)21(28-25(33)34-26(5,6)7)24(32)29(19-10-9-11-19)22(23(31)27-16(2)3)18-12-14-20(30)15-13-18/h12-17,19,21-22,30H,8-11H2,1-7H3,(H,27,31)(H,28,33). The predicted molar refractivity (Wildman–Crippen MR) is 131 cm³/mol. The van der Waals surface area contributed by atoms with Gasteiger partial charge in [-0.15, -0.1) is 0 Å². The first-order valence-corrected chi connectivity index (χ1v) is 12.2. The summed E-state index contributed by atoms with van der Waals surface area (Å²) in [6.45, 7) is 12.9. The molecular formula is C26H41N3O5. The van der Waals surface area contributed by atoms with E-state index in [1.807, 2.05) is 27.7 Å². The number of nitrogens with zero attached hydrogens (tertiary/aromatic N) is 1. The summed E-state index contributed by atoms with van der Waals surface area (Å²) in [6.07, 6.45) is 2.54. The molecule has 0 radical (unpaired) electrons. The van der Waals surface area contributed by atoms with E-state index in [0.717, 1.165) is 19.3 Å². The van der Waals surface area contributed by atoms with Crippen LogP contribution in [0.25, 0.3) is 0 Å². The average molecular weight is 476 g/mol. The molecule has 3 unspecified atom stereocenters. The van der Waals surface area contributed by atoms with Gasteiger partial charge in [-0.2, -0.15) is 0 Å². The lowest BCUT2D eigenvalue weighted by Gasteiger charge is -2.44. The van der Waals surface area contributed by atoms with E-state index >= 15 is 0 Å². The molecule has 8 heteroatoms. The summed E-state index contributed by atoms with van der Waals surface area (Å²) < 4.78 is 5.42. The lowest BCUT2D eigenvalue weighted by atomic mass is 9.86. The second kappa shape index (κ2) is 11.6. The van der Waals surface area contributed by atoms with Crippen molar-refractivity contribution in [2.24, 2.45) is 5.92 Å². The highest BCUT2D eigenvalue weighted by Gasteiger charge is 2.43. The van der Waals surface area contributed by atoms with Gasteiger partial charge >= 0.3 is 6.09 Å². The fraction of sp³-hybridized carbons (Fsp3) is 0.654. The van der Waals surface area contributed by atoms with Crippen LogP contribution in [-0.2, 0) is 14.3 Å². The molecule has 0 bridgehead atoms. The summed E-state index contributed by atoms with van der Waals surface area (Å²) >= 11 is 0. The Balaban J connectivity index is 2.48. The summed E-state index contributed by atoms with van der Waals surface area (Å²) in [6, 6.07) is 4.40. The van der Waals surface area contributed by atoms with Crippen LogP contribution in [0, 0.1) is 5.92 Å². The highest BCUT2D eigenvalue weighted by molar-refractivity contribution is 5.92. The van der Waals surface area contributed by atoms with Gasteiger partial charge in [0, 0.05) is 12.1 Å². The quantitative estimate of drug-likeness (QED) is 0.494. The van der Waals surface area contributed by atoms with Crippen LogP contribution in [0.3, 0.4) is 0 Å². The van der Waals surface area contributed by atoms with Crippen molar-refractivity contribution < 1.29 is 24.2 Å².